The van der Waals surface area contributed by atoms with Gasteiger partial charge < -0.3 is 5.91 Å². The van der Waals surface area contributed by atoms with Crippen LogP contribution in [-0.4, -0.2) is 32.5 Å². The first-order valence-corrected chi connectivity index (χ1v) is 5.65. The molecule has 0 N–H and O–H groups in total. The molecule has 3 radical (unpaired) electrons. The van der Waals surface area contributed by atoms with Gasteiger partial charge in [-0.25, -0.2) is 0 Å². The van der Waals surface area contributed by atoms with Gasteiger partial charge in [0.05, 0.1) is 19.6 Å². The number of quaternary nitrogens is 1. The van der Waals surface area contributed by atoms with E-state index in [1.807, 2.05) is 0 Å². The van der Waals surface area contributed by atoms with E-state index >= 15 is 0 Å². The van der Waals surface area contributed by atoms with Gasteiger partial charge in [-0.2, -0.15) is 0 Å². The summed E-state index contributed by atoms with van der Waals surface area (Å²) in [4.78, 5) is 0. The molecule has 0 aromatic heterocycles. The van der Waals surface area contributed by atoms with Crippen molar-refractivity contribution in [3.8, 4) is 0 Å². The summed E-state index contributed by atoms with van der Waals surface area (Å²) >= 11 is 0. The summed E-state index contributed by atoms with van der Waals surface area (Å²) in [5.41, 5.74) is 1.46. The summed E-state index contributed by atoms with van der Waals surface area (Å²) in [6, 6.07) is 10.8. The van der Waals surface area contributed by atoms with Gasteiger partial charge in [0, 0.05) is 14.0 Å². The lowest BCUT2D eigenvalue weighted by molar-refractivity contribution is -0.936. The molecular formula is C13H23BN. The molecule has 1 aromatic carbocycles. The smallest absolute Gasteiger partial charge is 0.104 e. The van der Waals surface area contributed by atoms with Crippen molar-refractivity contribution < 1.29 is 5.91 Å². The molecule has 1 nitrogen and oxygen atoms in total. The molecule has 0 spiro atoms. The largest absolute Gasteiger partial charge is 1.00 e. The van der Waals surface area contributed by atoms with Crippen LogP contribution in [0.2, 0.25) is 0 Å². The van der Waals surface area contributed by atoms with Gasteiger partial charge in [-0.3, -0.25) is 0 Å². The van der Waals surface area contributed by atoms with E-state index < -0.39 is 0 Å². The minimum atomic E-state index is 0. The fourth-order valence-corrected chi connectivity index (χ4v) is 1.98. The van der Waals surface area contributed by atoms with Crippen LogP contribution in [0, 0.1) is 0 Å². The second-order valence-electron chi connectivity index (χ2n) is 3.93. The van der Waals surface area contributed by atoms with Crippen LogP contribution >= 0.6 is 0 Å². The molecule has 0 bridgehead atoms. The zero-order chi connectivity index (χ0) is 10.4. The third kappa shape index (κ3) is 3.71. The molecule has 1 aromatic rings. The highest BCUT2D eigenvalue weighted by atomic mass is 15.3. The van der Waals surface area contributed by atoms with E-state index in [0.29, 0.717) is 0 Å². The van der Waals surface area contributed by atoms with E-state index in [2.05, 4.69) is 51.1 Å². The van der Waals surface area contributed by atoms with Crippen LogP contribution in [0.5, 0.6) is 0 Å². The van der Waals surface area contributed by atoms with Crippen LogP contribution in [0.15, 0.2) is 30.3 Å². The van der Waals surface area contributed by atoms with Crippen LogP contribution in [0.3, 0.4) is 0 Å². The molecule has 0 amide bonds. The zero-order valence-electron chi connectivity index (χ0n) is 11.2. The van der Waals surface area contributed by atoms with Gasteiger partial charge in [0.15, 0.2) is 0 Å². The van der Waals surface area contributed by atoms with Gasteiger partial charge in [-0.15, -0.1) is 0 Å². The molecule has 2 heteroatoms. The molecule has 0 aliphatic heterocycles. The maximum absolute atomic E-state index is 2.29. The molecule has 0 aliphatic carbocycles. The van der Waals surface area contributed by atoms with E-state index in [-0.39, 0.29) is 9.84 Å². The second kappa shape index (κ2) is 6.68. The van der Waals surface area contributed by atoms with Crippen LogP contribution in [0.25, 0.3) is 0 Å². The minimum Gasteiger partial charge on any atom is -1.00 e. The van der Waals surface area contributed by atoms with Gasteiger partial charge in [-0.05, 0) is 20.8 Å². The number of hydrogen-bond acceptors (Lipinski definition) is 0. The highest BCUT2D eigenvalue weighted by molar-refractivity contribution is 5.75. The normalized spacial score (nSPS) is 10.9. The molecule has 0 unspecified atom stereocenters. The predicted molar refractivity (Wildman–Crippen MR) is 68.9 cm³/mol. The lowest BCUT2D eigenvalue weighted by atomic mass is 10.2. The Morgan fingerprint density at radius 1 is 0.933 bits per heavy atom. The Bertz CT molecular complexity index is 252. The van der Waals surface area contributed by atoms with Crippen molar-refractivity contribution in [2.45, 2.75) is 27.3 Å². The van der Waals surface area contributed by atoms with E-state index in [1.54, 1.807) is 0 Å². The molecule has 0 saturated heterocycles. The standard InChI is InChI=1S/C13H22N.B.H/c1-4-14(5-2,6-3)12-13-10-8-7-9-11-13;;/h7-11H,4-6,12H2,1-3H3;;/q+1;;-1. The maximum atomic E-state index is 2.29. The fourth-order valence-electron chi connectivity index (χ4n) is 1.98. The predicted octanol–water partition coefficient (Wildman–Crippen LogP) is 2.79. The van der Waals surface area contributed by atoms with Crippen LogP contribution < -0.4 is 0 Å². The first-order chi connectivity index (χ1) is 6.76. The number of nitrogens with zero attached hydrogens (tertiary/aromatic N) is 1. The van der Waals surface area contributed by atoms with Crippen molar-refractivity contribution in [3.05, 3.63) is 35.9 Å². The number of benzene rings is 1. The summed E-state index contributed by atoms with van der Waals surface area (Å²) in [6.45, 7) is 11.7. The molecule has 0 atom stereocenters. The Labute approximate surface area is 97.8 Å². The molecule has 15 heavy (non-hydrogen) atoms. The Morgan fingerprint density at radius 3 is 1.80 bits per heavy atom. The SMILES string of the molecule is CC[N+](CC)(CC)Cc1ccccc1.[B].[H-]. The second-order valence-corrected chi connectivity index (χ2v) is 3.93. The molecule has 0 saturated carbocycles. The Hall–Kier alpha value is -0.755. The van der Waals surface area contributed by atoms with E-state index in [9.17, 15) is 0 Å². The lowest BCUT2D eigenvalue weighted by Crippen LogP contribution is -2.46. The first kappa shape index (κ1) is 14.2. The third-order valence-corrected chi connectivity index (χ3v) is 3.37. The van der Waals surface area contributed by atoms with Gasteiger partial charge in [-0.1, -0.05) is 30.3 Å². The van der Waals surface area contributed by atoms with E-state index in [4.69, 9.17) is 0 Å². The zero-order valence-corrected chi connectivity index (χ0v) is 10.2. The Balaban J connectivity index is 0. The van der Waals surface area contributed by atoms with Gasteiger partial charge >= 0.3 is 0 Å². The van der Waals surface area contributed by atoms with E-state index in [1.165, 1.54) is 36.2 Å². The molecule has 83 valence electrons. The summed E-state index contributed by atoms with van der Waals surface area (Å²) in [6.07, 6.45) is 0. The van der Waals surface area contributed by atoms with Crippen molar-refractivity contribution >= 4 is 8.41 Å². The van der Waals surface area contributed by atoms with Gasteiger partial charge in [0.2, 0.25) is 0 Å². The summed E-state index contributed by atoms with van der Waals surface area (Å²) in [5.74, 6) is 0. The summed E-state index contributed by atoms with van der Waals surface area (Å²) < 4.78 is 1.20. The van der Waals surface area contributed by atoms with E-state index in [0.717, 1.165) is 0 Å². The van der Waals surface area contributed by atoms with Crippen molar-refractivity contribution in [1.82, 2.24) is 0 Å². The van der Waals surface area contributed by atoms with Crippen molar-refractivity contribution in [1.29, 1.82) is 0 Å². The molecule has 0 aliphatic rings. The highest BCUT2D eigenvalue weighted by Crippen LogP contribution is 2.13. The molecule has 0 fully saturated rings. The Kier molecular flexibility index (Phi) is 6.34. The summed E-state index contributed by atoms with van der Waals surface area (Å²) in [7, 11) is 0. The van der Waals surface area contributed by atoms with Crippen LogP contribution in [0.4, 0.5) is 0 Å². The monoisotopic (exact) mass is 204 g/mol. The fraction of sp³-hybridized carbons (Fsp3) is 0.538. The van der Waals surface area contributed by atoms with Crippen molar-refractivity contribution in [2.24, 2.45) is 0 Å². The average molecular weight is 204 g/mol. The topological polar surface area (TPSA) is 0 Å². The van der Waals surface area contributed by atoms with Crippen molar-refractivity contribution in [2.75, 3.05) is 19.6 Å². The first-order valence-electron chi connectivity index (χ1n) is 5.65. The highest BCUT2D eigenvalue weighted by Gasteiger charge is 2.20. The minimum absolute atomic E-state index is 0. The van der Waals surface area contributed by atoms with Crippen LogP contribution in [0.1, 0.15) is 27.8 Å². The average Bonchev–Trinajstić information content (AvgIpc) is 2.28. The molecule has 1 rings (SSSR count). The maximum Gasteiger partial charge on any atom is 0.104 e. The summed E-state index contributed by atoms with van der Waals surface area (Å²) in [5, 5.41) is 0. The molecular weight excluding hydrogens is 181 g/mol. The third-order valence-electron chi connectivity index (χ3n) is 3.37. The lowest BCUT2D eigenvalue weighted by Gasteiger charge is -2.35. The van der Waals surface area contributed by atoms with Crippen molar-refractivity contribution in [3.63, 3.8) is 0 Å². The Morgan fingerprint density at radius 2 is 1.40 bits per heavy atom. The quantitative estimate of drug-likeness (QED) is 0.511. The number of hydrogen-bond donors (Lipinski definition) is 0. The van der Waals surface area contributed by atoms with Crippen LogP contribution in [-0.2, 0) is 6.54 Å². The van der Waals surface area contributed by atoms with Gasteiger partial charge in [0.25, 0.3) is 0 Å². The molecule has 0 heterocycles. The van der Waals surface area contributed by atoms with Gasteiger partial charge in [0.1, 0.15) is 6.54 Å². The number of rotatable bonds is 5.